The summed E-state index contributed by atoms with van der Waals surface area (Å²) in [6.07, 6.45) is 0. The molecular formula is C29H19NO3. The molecule has 33 heavy (non-hydrogen) atoms. The van der Waals surface area contributed by atoms with Crippen molar-refractivity contribution in [3.8, 4) is 16.9 Å². The Balaban J connectivity index is 1.60. The summed E-state index contributed by atoms with van der Waals surface area (Å²) in [6.45, 7) is 0. The van der Waals surface area contributed by atoms with Crippen molar-refractivity contribution in [1.29, 1.82) is 0 Å². The van der Waals surface area contributed by atoms with Gasteiger partial charge in [0.1, 0.15) is 5.75 Å². The van der Waals surface area contributed by atoms with Crippen LogP contribution in [0.15, 0.2) is 97.1 Å². The minimum atomic E-state index is -0.333. The van der Waals surface area contributed by atoms with Crippen LogP contribution in [0.1, 0.15) is 20.7 Å². The summed E-state index contributed by atoms with van der Waals surface area (Å²) >= 11 is 0. The zero-order valence-corrected chi connectivity index (χ0v) is 17.9. The molecule has 0 bridgehead atoms. The molecule has 0 aromatic heterocycles. The Morgan fingerprint density at radius 3 is 1.97 bits per heavy atom. The number of anilines is 1. The van der Waals surface area contributed by atoms with E-state index < -0.39 is 0 Å². The highest BCUT2D eigenvalue weighted by atomic mass is 16.5. The van der Waals surface area contributed by atoms with Crippen LogP contribution in [0, 0.1) is 0 Å². The smallest absolute Gasteiger partial charge is 0.265 e. The molecule has 6 rings (SSSR count). The van der Waals surface area contributed by atoms with Gasteiger partial charge in [-0.1, -0.05) is 66.7 Å². The lowest BCUT2D eigenvalue weighted by Crippen LogP contribution is -2.40. The molecule has 1 heterocycles. The van der Waals surface area contributed by atoms with E-state index in [1.54, 1.807) is 19.2 Å². The summed E-state index contributed by atoms with van der Waals surface area (Å²) in [6, 6.07) is 30.8. The molecule has 5 aromatic carbocycles. The molecular weight excluding hydrogens is 410 g/mol. The molecule has 5 aromatic rings. The molecule has 1 aliphatic rings. The van der Waals surface area contributed by atoms with E-state index >= 15 is 0 Å². The van der Waals surface area contributed by atoms with E-state index in [1.165, 1.54) is 4.90 Å². The largest absolute Gasteiger partial charge is 0.496 e. The van der Waals surface area contributed by atoms with Crippen LogP contribution in [0.2, 0.25) is 0 Å². The lowest BCUT2D eigenvalue weighted by Gasteiger charge is -2.28. The molecule has 4 heteroatoms. The Kier molecular flexibility index (Phi) is 4.27. The lowest BCUT2D eigenvalue weighted by atomic mass is 9.88. The summed E-state index contributed by atoms with van der Waals surface area (Å²) in [7, 11) is 1.60. The van der Waals surface area contributed by atoms with Crippen LogP contribution in [0.5, 0.6) is 5.75 Å². The van der Waals surface area contributed by atoms with Gasteiger partial charge in [0, 0.05) is 21.9 Å². The summed E-state index contributed by atoms with van der Waals surface area (Å²) in [5.41, 5.74) is 3.47. The van der Waals surface area contributed by atoms with Crippen molar-refractivity contribution in [2.45, 2.75) is 0 Å². The van der Waals surface area contributed by atoms with Gasteiger partial charge in [-0.3, -0.25) is 9.59 Å². The Bertz CT molecular complexity index is 1570. The number of amides is 2. The molecule has 158 valence electrons. The van der Waals surface area contributed by atoms with Crippen LogP contribution in [-0.2, 0) is 0 Å². The van der Waals surface area contributed by atoms with Crippen molar-refractivity contribution in [1.82, 2.24) is 0 Å². The third-order valence-corrected chi connectivity index (χ3v) is 6.29. The van der Waals surface area contributed by atoms with Crippen molar-refractivity contribution in [2.75, 3.05) is 12.0 Å². The number of carbonyl (C=O) groups is 2. The minimum Gasteiger partial charge on any atom is -0.496 e. The topological polar surface area (TPSA) is 46.6 Å². The number of benzene rings is 5. The van der Waals surface area contributed by atoms with Crippen LogP contribution >= 0.6 is 0 Å². The average Bonchev–Trinajstić information content (AvgIpc) is 2.87. The molecule has 0 saturated heterocycles. The molecule has 2 amide bonds. The number of nitrogens with zero attached hydrogens (tertiary/aromatic N) is 1. The first kappa shape index (κ1) is 19.3. The van der Waals surface area contributed by atoms with E-state index in [0.29, 0.717) is 28.0 Å². The van der Waals surface area contributed by atoms with E-state index in [9.17, 15) is 9.59 Å². The summed E-state index contributed by atoms with van der Waals surface area (Å²) in [5, 5.41) is 3.44. The third kappa shape index (κ3) is 2.84. The van der Waals surface area contributed by atoms with Crippen molar-refractivity contribution in [3.63, 3.8) is 0 Å². The number of rotatable bonds is 3. The second kappa shape index (κ2) is 7.31. The first-order valence-corrected chi connectivity index (χ1v) is 10.7. The number of hydrogen-bond donors (Lipinski definition) is 0. The fourth-order valence-electron chi connectivity index (χ4n) is 4.73. The van der Waals surface area contributed by atoms with Gasteiger partial charge in [0.15, 0.2) is 0 Å². The molecule has 0 saturated carbocycles. The Morgan fingerprint density at radius 2 is 1.24 bits per heavy atom. The Morgan fingerprint density at radius 1 is 0.606 bits per heavy atom. The molecule has 0 unspecified atom stereocenters. The molecule has 1 aliphatic heterocycles. The third-order valence-electron chi connectivity index (χ3n) is 6.29. The van der Waals surface area contributed by atoms with Gasteiger partial charge in [0.05, 0.1) is 12.8 Å². The highest BCUT2D eigenvalue weighted by molar-refractivity contribution is 6.37. The summed E-state index contributed by atoms with van der Waals surface area (Å²) < 4.78 is 5.66. The van der Waals surface area contributed by atoms with Gasteiger partial charge in [0.2, 0.25) is 0 Å². The lowest BCUT2D eigenvalue weighted by molar-refractivity contribution is 0.0893. The number of hydrogen-bond acceptors (Lipinski definition) is 3. The predicted molar refractivity (Wildman–Crippen MR) is 131 cm³/mol. The van der Waals surface area contributed by atoms with Gasteiger partial charge < -0.3 is 4.74 Å². The molecule has 0 spiro atoms. The quantitative estimate of drug-likeness (QED) is 0.309. The maximum Gasteiger partial charge on any atom is 0.265 e. The number of imide groups is 1. The van der Waals surface area contributed by atoms with E-state index in [2.05, 4.69) is 0 Å². The zero-order chi connectivity index (χ0) is 22.5. The second-order valence-corrected chi connectivity index (χ2v) is 8.07. The van der Waals surface area contributed by atoms with Gasteiger partial charge in [-0.05, 0) is 52.2 Å². The predicted octanol–water partition coefficient (Wildman–Crippen LogP) is 6.47. The summed E-state index contributed by atoms with van der Waals surface area (Å²) in [5.74, 6) is -0.0319. The first-order chi connectivity index (χ1) is 16.2. The van der Waals surface area contributed by atoms with Gasteiger partial charge in [-0.2, -0.15) is 0 Å². The highest BCUT2D eigenvalue weighted by Gasteiger charge is 2.35. The van der Waals surface area contributed by atoms with E-state index in [1.807, 2.05) is 84.9 Å². The van der Waals surface area contributed by atoms with Crippen LogP contribution < -0.4 is 9.64 Å². The fourth-order valence-corrected chi connectivity index (χ4v) is 4.73. The fraction of sp³-hybridized carbons (Fsp3) is 0.0345. The molecule has 0 atom stereocenters. The monoisotopic (exact) mass is 429 g/mol. The van der Waals surface area contributed by atoms with E-state index in [4.69, 9.17) is 4.74 Å². The standard InChI is InChI=1S/C29H19NO3/c1-33-25-16-15-24-26-23(14-13-22(27(25)26)19-8-3-2-4-9-19)28(31)30(29(24)32)21-12-11-18-7-5-6-10-20(18)17-21/h2-17H,1H3. The second-order valence-electron chi connectivity index (χ2n) is 8.07. The van der Waals surface area contributed by atoms with Crippen LogP contribution in [0.3, 0.4) is 0 Å². The Labute approximate surface area is 190 Å². The first-order valence-electron chi connectivity index (χ1n) is 10.7. The van der Waals surface area contributed by atoms with Crippen LogP contribution in [0.4, 0.5) is 5.69 Å². The summed E-state index contributed by atoms with van der Waals surface area (Å²) in [4.78, 5) is 28.6. The van der Waals surface area contributed by atoms with Gasteiger partial charge in [0.25, 0.3) is 11.8 Å². The molecule has 0 radical (unpaired) electrons. The number of ether oxygens (including phenoxy) is 1. The van der Waals surface area contributed by atoms with Crippen molar-refractivity contribution in [2.24, 2.45) is 0 Å². The van der Waals surface area contributed by atoms with Crippen LogP contribution in [-0.4, -0.2) is 18.9 Å². The molecule has 4 nitrogen and oxygen atoms in total. The van der Waals surface area contributed by atoms with Crippen molar-refractivity contribution >= 4 is 39.0 Å². The maximum absolute atomic E-state index is 13.7. The van der Waals surface area contributed by atoms with Gasteiger partial charge in [-0.15, -0.1) is 0 Å². The number of methoxy groups -OCH3 is 1. The van der Waals surface area contributed by atoms with Crippen molar-refractivity contribution in [3.05, 3.63) is 108 Å². The average molecular weight is 429 g/mol. The number of fused-ring (bicyclic) bond motifs is 1. The zero-order valence-electron chi connectivity index (χ0n) is 17.9. The minimum absolute atomic E-state index is 0.333. The molecule has 0 N–H and O–H groups in total. The van der Waals surface area contributed by atoms with Crippen LogP contribution in [0.25, 0.3) is 32.7 Å². The molecule has 0 aliphatic carbocycles. The van der Waals surface area contributed by atoms with E-state index in [-0.39, 0.29) is 11.8 Å². The SMILES string of the molecule is COc1ccc2c3c(ccc(-c4ccccc4)c13)C(=O)N(c1ccc3ccccc3c1)C2=O. The van der Waals surface area contributed by atoms with Crippen molar-refractivity contribution < 1.29 is 14.3 Å². The van der Waals surface area contributed by atoms with Gasteiger partial charge in [-0.25, -0.2) is 4.90 Å². The number of carbonyl (C=O) groups excluding carboxylic acids is 2. The van der Waals surface area contributed by atoms with E-state index in [0.717, 1.165) is 27.3 Å². The molecule has 0 fully saturated rings. The normalized spacial score (nSPS) is 13.1. The maximum atomic E-state index is 13.7. The highest BCUT2D eigenvalue weighted by Crippen LogP contribution is 2.42. The van der Waals surface area contributed by atoms with Gasteiger partial charge >= 0.3 is 0 Å². The Hall–Kier alpha value is -4.44.